The standard InChI is InChI=1S/C12H11BrFNOS/c1-6(16)12-15-11(7(2)17-12)9-5-8(13)3-4-10(9)14/h3-6,16H,1-2H3. The molecule has 0 amide bonds. The smallest absolute Gasteiger partial charge is 0.132 e. The Kier molecular flexibility index (Phi) is 3.61. The summed E-state index contributed by atoms with van der Waals surface area (Å²) in [6.45, 7) is 3.53. The van der Waals surface area contributed by atoms with Crippen LogP contribution in [0, 0.1) is 12.7 Å². The van der Waals surface area contributed by atoms with Gasteiger partial charge in [0.15, 0.2) is 0 Å². The van der Waals surface area contributed by atoms with Gasteiger partial charge in [0.05, 0.1) is 5.69 Å². The molecular formula is C12H11BrFNOS. The molecule has 1 heterocycles. The lowest BCUT2D eigenvalue weighted by atomic mass is 10.1. The monoisotopic (exact) mass is 315 g/mol. The van der Waals surface area contributed by atoms with Crippen molar-refractivity contribution in [1.29, 1.82) is 0 Å². The Balaban J connectivity index is 2.56. The van der Waals surface area contributed by atoms with Crippen molar-refractivity contribution in [2.24, 2.45) is 0 Å². The van der Waals surface area contributed by atoms with E-state index in [0.29, 0.717) is 16.3 Å². The maximum atomic E-state index is 13.7. The van der Waals surface area contributed by atoms with E-state index < -0.39 is 6.10 Å². The van der Waals surface area contributed by atoms with Gasteiger partial charge < -0.3 is 5.11 Å². The Hall–Kier alpha value is -0.780. The number of thiazole rings is 1. The molecule has 2 aromatic rings. The van der Waals surface area contributed by atoms with Gasteiger partial charge in [-0.1, -0.05) is 15.9 Å². The van der Waals surface area contributed by atoms with Crippen LogP contribution in [0.3, 0.4) is 0 Å². The Labute approximate surface area is 111 Å². The largest absolute Gasteiger partial charge is 0.386 e. The number of aromatic nitrogens is 1. The molecule has 1 atom stereocenters. The molecule has 90 valence electrons. The molecule has 0 saturated heterocycles. The zero-order valence-corrected chi connectivity index (χ0v) is 11.8. The van der Waals surface area contributed by atoms with E-state index in [1.165, 1.54) is 17.4 Å². The molecule has 2 nitrogen and oxygen atoms in total. The molecule has 0 aliphatic carbocycles. The van der Waals surface area contributed by atoms with Gasteiger partial charge in [-0.3, -0.25) is 0 Å². The molecule has 5 heteroatoms. The van der Waals surface area contributed by atoms with Crippen LogP contribution in [0.25, 0.3) is 11.3 Å². The normalized spacial score (nSPS) is 12.8. The molecule has 0 radical (unpaired) electrons. The number of halogens is 2. The molecule has 0 fully saturated rings. The number of hydrogen-bond acceptors (Lipinski definition) is 3. The second kappa shape index (κ2) is 4.84. The van der Waals surface area contributed by atoms with Crippen molar-refractivity contribution in [1.82, 2.24) is 4.98 Å². The minimum Gasteiger partial charge on any atom is -0.386 e. The van der Waals surface area contributed by atoms with E-state index in [1.54, 1.807) is 19.1 Å². The van der Waals surface area contributed by atoms with E-state index in [4.69, 9.17) is 0 Å². The molecule has 1 aromatic carbocycles. The van der Waals surface area contributed by atoms with Gasteiger partial charge in [-0.15, -0.1) is 11.3 Å². The highest BCUT2D eigenvalue weighted by Crippen LogP contribution is 2.33. The summed E-state index contributed by atoms with van der Waals surface area (Å²) in [7, 11) is 0. The quantitative estimate of drug-likeness (QED) is 0.906. The molecule has 0 aliphatic heterocycles. The summed E-state index contributed by atoms with van der Waals surface area (Å²) in [6.07, 6.45) is -0.623. The van der Waals surface area contributed by atoms with Crippen LogP contribution in [0.1, 0.15) is 22.9 Å². The summed E-state index contributed by atoms with van der Waals surface area (Å²) in [5.41, 5.74) is 1.06. The van der Waals surface area contributed by atoms with Crippen LogP contribution in [-0.2, 0) is 0 Å². The Bertz CT molecular complexity index is 553. The average Bonchev–Trinajstić information content (AvgIpc) is 2.64. The number of aryl methyl sites for hydroxylation is 1. The van der Waals surface area contributed by atoms with E-state index >= 15 is 0 Å². The van der Waals surface area contributed by atoms with Gasteiger partial charge >= 0.3 is 0 Å². The lowest BCUT2D eigenvalue weighted by Crippen LogP contribution is -1.91. The van der Waals surface area contributed by atoms with Gasteiger partial charge in [0.2, 0.25) is 0 Å². The Morgan fingerprint density at radius 1 is 1.47 bits per heavy atom. The van der Waals surface area contributed by atoms with Crippen LogP contribution in [0.4, 0.5) is 4.39 Å². The van der Waals surface area contributed by atoms with Crippen LogP contribution in [0.15, 0.2) is 22.7 Å². The number of aliphatic hydroxyl groups is 1. The topological polar surface area (TPSA) is 33.1 Å². The molecule has 0 saturated carbocycles. The van der Waals surface area contributed by atoms with E-state index in [1.807, 2.05) is 6.92 Å². The van der Waals surface area contributed by atoms with Gasteiger partial charge in [0, 0.05) is 14.9 Å². The van der Waals surface area contributed by atoms with E-state index in [0.717, 1.165) is 9.35 Å². The van der Waals surface area contributed by atoms with Crippen molar-refractivity contribution in [3.63, 3.8) is 0 Å². The van der Waals surface area contributed by atoms with Crippen LogP contribution in [-0.4, -0.2) is 10.1 Å². The van der Waals surface area contributed by atoms with Crippen molar-refractivity contribution in [2.45, 2.75) is 20.0 Å². The maximum absolute atomic E-state index is 13.7. The second-order valence-electron chi connectivity index (χ2n) is 3.76. The number of rotatable bonds is 2. The van der Waals surface area contributed by atoms with Gasteiger partial charge in [-0.25, -0.2) is 9.37 Å². The van der Waals surface area contributed by atoms with Crippen LogP contribution < -0.4 is 0 Å². The zero-order valence-electron chi connectivity index (χ0n) is 9.37. The first-order chi connectivity index (χ1) is 7.99. The Morgan fingerprint density at radius 2 is 2.18 bits per heavy atom. The lowest BCUT2D eigenvalue weighted by molar-refractivity contribution is 0.199. The summed E-state index contributed by atoms with van der Waals surface area (Å²) < 4.78 is 14.5. The van der Waals surface area contributed by atoms with E-state index in [-0.39, 0.29) is 5.82 Å². The summed E-state index contributed by atoms with van der Waals surface area (Å²) in [5, 5.41) is 10.1. The van der Waals surface area contributed by atoms with Crippen LogP contribution >= 0.6 is 27.3 Å². The zero-order chi connectivity index (χ0) is 12.6. The van der Waals surface area contributed by atoms with Crippen LogP contribution in [0.5, 0.6) is 0 Å². The predicted molar refractivity (Wildman–Crippen MR) is 70.6 cm³/mol. The van der Waals surface area contributed by atoms with E-state index in [9.17, 15) is 9.50 Å². The summed E-state index contributed by atoms with van der Waals surface area (Å²) in [6, 6.07) is 4.75. The average molecular weight is 316 g/mol. The molecule has 0 aliphatic rings. The van der Waals surface area contributed by atoms with Crippen molar-refractivity contribution in [3.8, 4) is 11.3 Å². The SMILES string of the molecule is Cc1sc(C(C)O)nc1-c1cc(Br)ccc1F. The summed E-state index contributed by atoms with van der Waals surface area (Å²) in [5.74, 6) is -0.307. The van der Waals surface area contributed by atoms with Crippen molar-refractivity contribution < 1.29 is 9.50 Å². The highest BCUT2D eigenvalue weighted by Gasteiger charge is 2.16. The summed E-state index contributed by atoms with van der Waals surface area (Å²) in [4.78, 5) is 5.19. The minimum absolute atomic E-state index is 0.307. The first-order valence-electron chi connectivity index (χ1n) is 5.10. The fraction of sp³-hybridized carbons (Fsp3) is 0.250. The second-order valence-corrected chi connectivity index (χ2v) is 5.91. The predicted octanol–water partition coefficient (Wildman–Crippen LogP) is 4.07. The molecule has 2 rings (SSSR count). The third-order valence-electron chi connectivity index (χ3n) is 2.35. The Morgan fingerprint density at radius 3 is 2.76 bits per heavy atom. The van der Waals surface area contributed by atoms with Gasteiger partial charge in [-0.2, -0.15) is 0 Å². The molecular weight excluding hydrogens is 305 g/mol. The number of benzene rings is 1. The van der Waals surface area contributed by atoms with Gasteiger partial charge in [0.1, 0.15) is 16.9 Å². The molecule has 0 spiro atoms. The molecule has 1 unspecified atom stereocenters. The van der Waals surface area contributed by atoms with E-state index in [2.05, 4.69) is 20.9 Å². The molecule has 0 bridgehead atoms. The lowest BCUT2D eigenvalue weighted by Gasteiger charge is -2.02. The number of aliphatic hydroxyl groups excluding tert-OH is 1. The third kappa shape index (κ3) is 2.56. The maximum Gasteiger partial charge on any atom is 0.132 e. The highest BCUT2D eigenvalue weighted by molar-refractivity contribution is 9.10. The highest BCUT2D eigenvalue weighted by atomic mass is 79.9. The van der Waals surface area contributed by atoms with Crippen molar-refractivity contribution in [2.75, 3.05) is 0 Å². The fourth-order valence-corrected chi connectivity index (χ4v) is 2.76. The molecule has 17 heavy (non-hydrogen) atoms. The first-order valence-corrected chi connectivity index (χ1v) is 6.71. The van der Waals surface area contributed by atoms with Crippen molar-refractivity contribution >= 4 is 27.3 Å². The van der Waals surface area contributed by atoms with Crippen molar-refractivity contribution in [3.05, 3.63) is 38.4 Å². The summed E-state index contributed by atoms with van der Waals surface area (Å²) >= 11 is 4.70. The van der Waals surface area contributed by atoms with Crippen LogP contribution in [0.2, 0.25) is 0 Å². The molecule has 1 aromatic heterocycles. The first kappa shape index (κ1) is 12.7. The molecule has 1 N–H and O–H groups in total. The van der Waals surface area contributed by atoms with Gasteiger partial charge in [-0.05, 0) is 32.0 Å². The fourth-order valence-electron chi connectivity index (χ4n) is 1.52. The third-order valence-corrected chi connectivity index (χ3v) is 3.99. The van der Waals surface area contributed by atoms with Gasteiger partial charge in [0.25, 0.3) is 0 Å². The number of hydrogen-bond donors (Lipinski definition) is 1. The number of nitrogens with zero attached hydrogens (tertiary/aromatic N) is 1. The minimum atomic E-state index is -0.623.